The molecule has 0 spiro atoms. The summed E-state index contributed by atoms with van der Waals surface area (Å²) in [4.78, 5) is 0. The second-order valence-corrected chi connectivity index (χ2v) is 4.58. The van der Waals surface area contributed by atoms with Crippen LogP contribution in [0.1, 0.15) is 32.8 Å². The van der Waals surface area contributed by atoms with Gasteiger partial charge in [0.15, 0.2) is 11.5 Å². The van der Waals surface area contributed by atoms with Gasteiger partial charge in [-0.1, -0.05) is 26.8 Å². The molecule has 0 saturated carbocycles. The fraction of sp³-hybridized carbons (Fsp3) is 0.538. The van der Waals surface area contributed by atoms with Crippen molar-refractivity contribution in [2.75, 3.05) is 0 Å². The van der Waals surface area contributed by atoms with Crippen LogP contribution in [0.15, 0.2) is 18.2 Å². The van der Waals surface area contributed by atoms with Gasteiger partial charge in [-0.05, 0) is 42.4 Å². The van der Waals surface area contributed by atoms with Crippen LogP contribution in [-0.2, 0) is 6.42 Å². The van der Waals surface area contributed by atoms with Gasteiger partial charge in [-0.25, -0.2) is 0 Å². The van der Waals surface area contributed by atoms with Crippen LogP contribution >= 0.6 is 0 Å². The summed E-state index contributed by atoms with van der Waals surface area (Å²) in [7, 11) is 0. The van der Waals surface area contributed by atoms with Crippen LogP contribution in [0.3, 0.4) is 0 Å². The third-order valence-corrected chi connectivity index (χ3v) is 3.07. The molecule has 2 heteroatoms. The van der Waals surface area contributed by atoms with Crippen molar-refractivity contribution in [2.45, 2.75) is 33.6 Å². The van der Waals surface area contributed by atoms with Crippen molar-refractivity contribution in [1.82, 2.24) is 0 Å². The van der Waals surface area contributed by atoms with Crippen LogP contribution in [0.5, 0.6) is 11.5 Å². The van der Waals surface area contributed by atoms with Crippen LogP contribution in [0.25, 0.3) is 0 Å². The summed E-state index contributed by atoms with van der Waals surface area (Å²) < 4.78 is 0. The summed E-state index contributed by atoms with van der Waals surface area (Å²) in [5.41, 5.74) is 1.08. The van der Waals surface area contributed by atoms with Gasteiger partial charge < -0.3 is 10.2 Å². The Balaban J connectivity index is 2.55. The Hall–Kier alpha value is -1.18. The minimum absolute atomic E-state index is 0.0234. The lowest BCUT2D eigenvalue weighted by atomic mass is 9.91. The van der Waals surface area contributed by atoms with Crippen molar-refractivity contribution in [1.29, 1.82) is 0 Å². The van der Waals surface area contributed by atoms with Gasteiger partial charge in [-0.15, -0.1) is 0 Å². The van der Waals surface area contributed by atoms with E-state index in [0.29, 0.717) is 11.8 Å². The van der Waals surface area contributed by atoms with E-state index < -0.39 is 0 Å². The Kier molecular flexibility index (Phi) is 4.01. The topological polar surface area (TPSA) is 40.5 Å². The monoisotopic (exact) mass is 208 g/mol. The maximum Gasteiger partial charge on any atom is 0.157 e. The molecule has 0 aliphatic rings. The molecule has 1 aromatic rings. The predicted molar refractivity (Wildman–Crippen MR) is 62.1 cm³/mol. The van der Waals surface area contributed by atoms with E-state index in [9.17, 15) is 5.11 Å². The van der Waals surface area contributed by atoms with E-state index in [1.807, 2.05) is 6.07 Å². The number of rotatable bonds is 4. The molecule has 0 saturated heterocycles. The standard InChI is InChI=1S/C13H20O2/c1-9(2)10(3)4-5-11-6-7-12(14)13(15)8-11/h6-10,14-15H,4-5H2,1-3H3. The van der Waals surface area contributed by atoms with Crippen LogP contribution in [0, 0.1) is 11.8 Å². The Labute approximate surface area is 91.6 Å². The molecule has 0 fully saturated rings. The van der Waals surface area contributed by atoms with Crippen molar-refractivity contribution in [3.05, 3.63) is 23.8 Å². The molecule has 0 heterocycles. The number of benzene rings is 1. The SMILES string of the molecule is CC(C)C(C)CCc1ccc(O)c(O)c1. The van der Waals surface area contributed by atoms with Crippen LogP contribution in [0.2, 0.25) is 0 Å². The summed E-state index contributed by atoms with van der Waals surface area (Å²) in [5.74, 6) is 1.30. The first-order valence-electron chi connectivity index (χ1n) is 5.51. The number of hydrogen-bond acceptors (Lipinski definition) is 2. The third kappa shape index (κ3) is 3.46. The Morgan fingerprint density at radius 2 is 1.73 bits per heavy atom. The zero-order valence-corrected chi connectivity index (χ0v) is 9.70. The van der Waals surface area contributed by atoms with Crippen molar-refractivity contribution >= 4 is 0 Å². The number of phenolic OH excluding ortho intramolecular Hbond substituents is 2. The number of aryl methyl sites for hydroxylation is 1. The lowest BCUT2D eigenvalue weighted by Crippen LogP contribution is -2.05. The van der Waals surface area contributed by atoms with E-state index in [2.05, 4.69) is 20.8 Å². The molecule has 2 nitrogen and oxygen atoms in total. The maximum atomic E-state index is 9.32. The third-order valence-electron chi connectivity index (χ3n) is 3.07. The van der Waals surface area contributed by atoms with E-state index in [1.54, 1.807) is 12.1 Å². The summed E-state index contributed by atoms with van der Waals surface area (Å²) in [5, 5.41) is 18.5. The van der Waals surface area contributed by atoms with Gasteiger partial charge in [0.05, 0.1) is 0 Å². The van der Waals surface area contributed by atoms with Crippen LogP contribution in [0.4, 0.5) is 0 Å². The highest BCUT2D eigenvalue weighted by atomic mass is 16.3. The smallest absolute Gasteiger partial charge is 0.157 e. The van der Waals surface area contributed by atoms with Crippen molar-refractivity contribution < 1.29 is 10.2 Å². The van der Waals surface area contributed by atoms with Gasteiger partial charge in [-0.2, -0.15) is 0 Å². The second-order valence-electron chi connectivity index (χ2n) is 4.58. The maximum absolute atomic E-state index is 9.32. The highest BCUT2D eigenvalue weighted by Gasteiger charge is 2.08. The lowest BCUT2D eigenvalue weighted by Gasteiger charge is -2.15. The normalized spacial score (nSPS) is 13.1. The minimum atomic E-state index is -0.0457. The first-order valence-corrected chi connectivity index (χ1v) is 5.51. The molecule has 0 radical (unpaired) electrons. The van der Waals surface area contributed by atoms with Crippen LogP contribution in [-0.4, -0.2) is 10.2 Å². The molecule has 15 heavy (non-hydrogen) atoms. The van der Waals surface area contributed by atoms with E-state index in [1.165, 1.54) is 0 Å². The molecule has 1 atom stereocenters. The average molecular weight is 208 g/mol. The first-order chi connectivity index (χ1) is 7.00. The quantitative estimate of drug-likeness (QED) is 0.745. The summed E-state index contributed by atoms with van der Waals surface area (Å²) >= 11 is 0. The summed E-state index contributed by atoms with van der Waals surface area (Å²) in [6.45, 7) is 6.68. The second kappa shape index (κ2) is 5.06. The molecular formula is C13H20O2. The predicted octanol–water partition coefficient (Wildman–Crippen LogP) is 3.32. The molecule has 84 valence electrons. The van der Waals surface area contributed by atoms with Crippen LogP contribution < -0.4 is 0 Å². The van der Waals surface area contributed by atoms with E-state index >= 15 is 0 Å². The van der Waals surface area contributed by atoms with Crippen molar-refractivity contribution in [3.63, 3.8) is 0 Å². The molecule has 1 rings (SSSR count). The molecule has 0 bridgehead atoms. The Morgan fingerprint density at radius 3 is 2.27 bits per heavy atom. The molecule has 0 aromatic heterocycles. The first kappa shape index (κ1) is 11.9. The minimum Gasteiger partial charge on any atom is -0.504 e. The zero-order valence-electron chi connectivity index (χ0n) is 9.70. The highest BCUT2D eigenvalue weighted by Crippen LogP contribution is 2.26. The van der Waals surface area contributed by atoms with Gasteiger partial charge in [0, 0.05) is 0 Å². The number of phenols is 2. The van der Waals surface area contributed by atoms with Crippen molar-refractivity contribution in [2.24, 2.45) is 11.8 Å². The molecule has 1 aromatic carbocycles. The number of aromatic hydroxyl groups is 2. The largest absolute Gasteiger partial charge is 0.504 e. The highest BCUT2D eigenvalue weighted by molar-refractivity contribution is 5.40. The lowest BCUT2D eigenvalue weighted by molar-refractivity contribution is 0.389. The molecular weight excluding hydrogens is 188 g/mol. The van der Waals surface area contributed by atoms with E-state index in [-0.39, 0.29) is 11.5 Å². The van der Waals surface area contributed by atoms with Gasteiger partial charge in [0.1, 0.15) is 0 Å². The van der Waals surface area contributed by atoms with E-state index in [4.69, 9.17) is 5.11 Å². The Bertz CT molecular complexity index is 318. The fourth-order valence-corrected chi connectivity index (χ4v) is 1.45. The zero-order chi connectivity index (χ0) is 11.4. The molecule has 1 unspecified atom stereocenters. The van der Waals surface area contributed by atoms with Gasteiger partial charge in [0.2, 0.25) is 0 Å². The summed E-state index contributed by atoms with van der Waals surface area (Å²) in [6, 6.07) is 5.05. The molecule has 0 amide bonds. The van der Waals surface area contributed by atoms with Gasteiger partial charge in [0.25, 0.3) is 0 Å². The van der Waals surface area contributed by atoms with Gasteiger partial charge >= 0.3 is 0 Å². The Morgan fingerprint density at radius 1 is 1.07 bits per heavy atom. The number of hydrogen-bond donors (Lipinski definition) is 2. The van der Waals surface area contributed by atoms with E-state index in [0.717, 1.165) is 18.4 Å². The van der Waals surface area contributed by atoms with Crippen molar-refractivity contribution in [3.8, 4) is 11.5 Å². The fourth-order valence-electron chi connectivity index (χ4n) is 1.45. The molecule has 2 N–H and O–H groups in total. The average Bonchev–Trinajstić information content (AvgIpc) is 2.19. The summed E-state index contributed by atoms with van der Waals surface area (Å²) in [6.07, 6.45) is 2.06. The van der Waals surface area contributed by atoms with Gasteiger partial charge in [-0.3, -0.25) is 0 Å². The molecule has 0 aliphatic heterocycles. The molecule has 0 aliphatic carbocycles.